The summed E-state index contributed by atoms with van der Waals surface area (Å²) in [6, 6.07) is 4.76. The summed E-state index contributed by atoms with van der Waals surface area (Å²) in [5, 5.41) is 4.46. The minimum Gasteiger partial charge on any atom is -0.353 e. The molecule has 0 fully saturated rings. The summed E-state index contributed by atoms with van der Waals surface area (Å²) in [6.07, 6.45) is 0.608. The van der Waals surface area contributed by atoms with Gasteiger partial charge in [0.25, 0.3) is 0 Å². The molecule has 3 nitrogen and oxygen atoms in total. The zero-order chi connectivity index (χ0) is 9.26. The van der Waals surface area contributed by atoms with Gasteiger partial charge in [-0.15, -0.1) is 0 Å². The number of para-hydroxylation sites is 1. The van der Waals surface area contributed by atoms with E-state index in [9.17, 15) is 4.39 Å². The Morgan fingerprint density at radius 3 is 3.08 bits per heavy atom. The monoisotopic (exact) mass is 180 g/mol. The van der Waals surface area contributed by atoms with Gasteiger partial charge >= 0.3 is 0 Å². The van der Waals surface area contributed by atoms with Crippen LogP contribution in [0.4, 0.5) is 4.39 Å². The number of nitrogens with two attached hydrogens (primary N) is 1. The Hall–Kier alpha value is -1.42. The zero-order valence-corrected chi connectivity index (χ0v) is 6.96. The molecule has 68 valence electrons. The molecule has 2 N–H and O–H groups in total. The highest BCUT2D eigenvalue weighted by molar-refractivity contribution is 5.79. The number of fused-ring (bicyclic) bond motifs is 1. The molecule has 0 unspecified atom stereocenters. The molecule has 2 rings (SSSR count). The van der Waals surface area contributed by atoms with Gasteiger partial charge in [-0.25, -0.2) is 4.39 Å². The van der Waals surface area contributed by atoms with E-state index < -0.39 is 0 Å². The number of aromatic nitrogens is 1. The van der Waals surface area contributed by atoms with Crippen LogP contribution in [0.1, 0.15) is 5.69 Å². The lowest BCUT2D eigenvalue weighted by Gasteiger charge is -1.91. The van der Waals surface area contributed by atoms with Gasteiger partial charge in [0.15, 0.2) is 5.82 Å². The highest BCUT2D eigenvalue weighted by Crippen LogP contribution is 2.20. The highest BCUT2D eigenvalue weighted by atomic mass is 19.1. The van der Waals surface area contributed by atoms with Crippen LogP contribution in [-0.4, -0.2) is 11.7 Å². The van der Waals surface area contributed by atoms with Crippen LogP contribution in [0.3, 0.4) is 0 Å². The van der Waals surface area contributed by atoms with Crippen LogP contribution in [0, 0.1) is 5.82 Å². The van der Waals surface area contributed by atoms with E-state index in [1.807, 2.05) is 0 Å². The molecule has 1 heterocycles. The molecular weight excluding hydrogens is 171 g/mol. The van der Waals surface area contributed by atoms with Crippen molar-refractivity contribution in [1.29, 1.82) is 0 Å². The van der Waals surface area contributed by atoms with Crippen molar-refractivity contribution in [3.8, 4) is 0 Å². The van der Waals surface area contributed by atoms with Crippen molar-refractivity contribution in [1.82, 2.24) is 5.16 Å². The van der Waals surface area contributed by atoms with Crippen molar-refractivity contribution in [2.75, 3.05) is 6.54 Å². The Labute approximate surface area is 74.3 Å². The lowest BCUT2D eigenvalue weighted by atomic mass is 10.2. The molecule has 0 aliphatic rings. The van der Waals surface area contributed by atoms with E-state index in [1.54, 1.807) is 12.1 Å². The van der Waals surface area contributed by atoms with Gasteiger partial charge in [-0.05, 0) is 18.7 Å². The normalized spacial score (nSPS) is 10.9. The van der Waals surface area contributed by atoms with Gasteiger partial charge in [-0.3, -0.25) is 0 Å². The third-order valence-corrected chi connectivity index (χ3v) is 1.91. The molecule has 1 aromatic heterocycles. The molecule has 13 heavy (non-hydrogen) atoms. The molecule has 0 atom stereocenters. The van der Waals surface area contributed by atoms with Gasteiger partial charge in [0.1, 0.15) is 0 Å². The summed E-state index contributed by atoms with van der Waals surface area (Å²) < 4.78 is 17.9. The van der Waals surface area contributed by atoms with Crippen LogP contribution in [0.2, 0.25) is 0 Å². The maximum absolute atomic E-state index is 13.1. The Morgan fingerprint density at radius 1 is 1.46 bits per heavy atom. The van der Waals surface area contributed by atoms with E-state index in [2.05, 4.69) is 5.16 Å². The number of nitrogens with zero attached hydrogens (tertiary/aromatic N) is 1. The molecule has 0 radical (unpaired) electrons. The molecule has 0 amide bonds. The van der Waals surface area contributed by atoms with Gasteiger partial charge in [0, 0.05) is 11.8 Å². The first-order valence-corrected chi connectivity index (χ1v) is 4.06. The van der Waals surface area contributed by atoms with Crippen LogP contribution in [0.5, 0.6) is 0 Å². The molecular formula is C9H9FN2O. The van der Waals surface area contributed by atoms with Crippen LogP contribution in [-0.2, 0) is 6.42 Å². The van der Waals surface area contributed by atoms with Crippen molar-refractivity contribution >= 4 is 11.0 Å². The Bertz CT molecular complexity index is 424. The standard InChI is InChI=1S/C9H9FN2O/c10-7-3-1-2-6-8(4-5-11)12-13-9(6)7/h1-3H,4-5,11H2. The van der Waals surface area contributed by atoms with E-state index in [4.69, 9.17) is 10.3 Å². The molecule has 0 aliphatic heterocycles. The molecule has 2 aromatic rings. The Balaban J connectivity index is 2.61. The van der Waals surface area contributed by atoms with Crippen molar-refractivity contribution in [3.63, 3.8) is 0 Å². The minimum absolute atomic E-state index is 0.214. The van der Waals surface area contributed by atoms with Crippen LogP contribution in [0.15, 0.2) is 22.7 Å². The molecule has 0 saturated carbocycles. The quantitative estimate of drug-likeness (QED) is 0.761. The van der Waals surface area contributed by atoms with Crippen LogP contribution >= 0.6 is 0 Å². The van der Waals surface area contributed by atoms with Crippen LogP contribution < -0.4 is 5.73 Å². The second kappa shape index (κ2) is 3.14. The number of benzene rings is 1. The minimum atomic E-state index is -0.381. The fourth-order valence-electron chi connectivity index (χ4n) is 1.30. The lowest BCUT2D eigenvalue weighted by molar-refractivity contribution is 0.432. The summed E-state index contributed by atoms with van der Waals surface area (Å²) in [7, 11) is 0. The van der Waals surface area contributed by atoms with E-state index in [1.165, 1.54) is 6.07 Å². The Kier molecular flexibility index (Phi) is 1.98. The van der Waals surface area contributed by atoms with Crippen molar-refractivity contribution in [2.24, 2.45) is 5.73 Å². The smallest absolute Gasteiger partial charge is 0.202 e. The third kappa shape index (κ3) is 1.29. The van der Waals surface area contributed by atoms with Gasteiger partial charge in [0.2, 0.25) is 5.58 Å². The van der Waals surface area contributed by atoms with E-state index in [0.29, 0.717) is 18.4 Å². The number of hydrogen-bond donors (Lipinski definition) is 1. The van der Waals surface area contributed by atoms with Crippen LogP contribution in [0.25, 0.3) is 11.0 Å². The molecule has 4 heteroatoms. The fraction of sp³-hybridized carbons (Fsp3) is 0.222. The largest absolute Gasteiger partial charge is 0.353 e. The summed E-state index contributed by atoms with van der Waals surface area (Å²) in [4.78, 5) is 0. The maximum Gasteiger partial charge on any atom is 0.202 e. The molecule has 0 saturated heterocycles. The van der Waals surface area contributed by atoms with Gasteiger partial charge in [-0.1, -0.05) is 11.2 Å². The lowest BCUT2D eigenvalue weighted by Crippen LogP contribution is -2.02. The van der Waals surface area contributed by atoms with Gasteiger partial charge in [0.05, 0.1) is 5.69 Å². The zero-order valence-electron chi connectivity index (χ0n) is 6.96. The third-order valence-electron chi connectivity index (χ3n) is 1.91. The average molecular weight is 180 g/mol. The topological polar surface area (TPSA) is 52.0 Å². The van der Waals surface area contributed by atoms with Gasteiger partial charge < -0.3 is 10.3 Å². The molecule has 0 bridgehead atoms. The summed E-state index contributed by atoms with van der Waals surface area (Å²) in [6.45, 7) is 0.484. The number of halogens is 1. The predicted octanol–water partition coefficient (Wildman–Crippen LogP) is 1.47. The van der Waals surface area contributed by atoms with Crippen molar-refractivity contribution < 1.29 is 8.91 Å². The van der Waals surface area contributed by atoms with E-state index >= 15 is 0 Å². The predicted molar refractivity (Wildman–Crippen MR) is 46.7 cm³/mol. The molecule has 0 aliphatic carbocycles. The summed E-state index contributed by atoms with van der Waals surface area (Å²) in [5.41, 5.74) is 6.31. The first-order valence-electron chi connectivity index (χ1n) is 4.06. The maximum atomic E-state index is 13.1. The summed E-state index contributed by atoms with van der Waals surface area (Å²) in [5.74, 6) is -0.381. The molecule has 1 aromatic carbocycles. The number of rotatable bonds is 2. The first-order chi connectivity index (χ1) is 6.33. The number of hydrogen-bond acceptors (Lipinski definition) is 3. The van der Waals surface area contributed by atoms with Gasteiger partial charge in [-0.2, -0.15) is 0 Å². The second-order valence-electron chi connectivity index (χ2n) is 2.78. The first kappa shape index (κ1) is 8.19. The fourth-order valence-corrected chi connectivity index (χ4v) is 1.30. The van der Waals surface area contributed by atoms with E-state index in [0.717, 1.165) is 5.69 Å². The SMILES string of the molecule is NCCc1noc2c(F)cccc12. The average Bonchev–Trinajstić information content (AvgIpc) is 2.51. The van der Waals surface area contributed by atoms with Crippen molar-refractivity contribution in [2.45, 2.75) is 6.42 Å². The highest BCUT2D eigenvalue weighted by Gasteiger charge is 2.10. The van der Waals surface area contributed by atoms with E-state index in [-0.39, 0.29) is 11.4 Å². The summed E-state index contributed by atoms with van der Waals surface area (Å²) >= 11 is 0. The van der Waals surface area contributed by atoms with Crippen molar-refractivity contribution in [3.05, 3.63) is 29.7 Å². The molecule has 0 spiro atoms. The Morgan fingerprint density at radius 2 is 2.31 bits per heavy atom. The second-order valence-corrected chi connectivity index (χ2v) is 2.78.